The Labute approximate surface area is 103 Å². The molecule has 0 amide bonds. The molecular weight excluding hydrogens is 266 g/mol. The van der Waals surface area contributed by atoms with Crippen molar-refractivity contribution in [1.29, 1.82) is 0 Å². The van der Waals surface area contributed by atoms with Crippen LogP contribution >= 0.6 is 15.9 Å². The first-order valence-corrected chi connectivity index (χ1v) is 6.44. The first-order chi connectivity index (χ1) is 7.83. The molecule has 1 aromatic heterocycles. The molecule has 4 heteroatoms. The van der Waals surface area contributed by atoms with Gasteiger partial charge in [0.2, 0.25) is 0 Å². The van der Waals surface area contributed by atoms with Crippen molar-refractivity contribution in [1.82, 2.24) is 15.1 Å². The molecule has 1 aliphatic heterocycles. The number of nitrogens with zero attached hydrogens (tertiary/aromatic N) is 2. The van der Waals surface area contributed by atoms with Gasteiger partial charge in [0.15, 0.2) is 0 Å². The molecule has 0 bridgehead atoms. The Hall–Kier alpha value is -0.870. The lowest BCUT2D eigenvalue weighted by Gasteiger charge is -2.09. The van der Waals surface area contributed by atoms with Crippen LogP contribution in [0, 0.1) is 5.92 Å². The average molecular weight is 280 g/mol. The summed E-state index contributed by atoms with van der Waals surface area (Å²) in [5.74, 6) is 0.728. The fourth-order valence-corrected chi connectivity index (χ4v) is 2.70. The van der Waals surface area contributed by atoms with Crippen LogP contribution in [0.5, 0.6) is 0 Å². The van der Waals surface area contributed by atoms with E-state index in [1.165, 1.54) is 17.3 Å². The van der Waals surface area contributed by atoms with E-state index in [9.17, 15) is 0 Å². The summed E-state index contributed by atoms with van der Waals surface area (Å²) in [4.78, 5) is 0. The Balaban J connectivity index is 1.91. The normalized spacial score (nSPS) is 20.7. The van der Waals surface area contributed by atoms with E-state index in [0.29, 0.717) is 0 Å². The number of aromatic nitrogens is 2. The molecule has 1 aliphatic rings. The second kappa shape index (κ2) is 4.18. The SMILES string of the molecule is Brc1ccc2c(cnn2CC2CCNC2)c1. The van der Waals surface area contributed by atoms with Crippen molar-refractivity contribution >= 4 is 26.8 Å². The molecular formula is C12H14BrN3. The van der Waals surface area contributed by atoms with Gasteiger partial charge >= 0.3 is 0 Å². The van der Waals surface area contributed by atoms with Crippen molar-refractivity contribution in [3.8, 4) is 0 Å². The molecule has 1 fully saturated rings. The summed E-state index contributed by atoms with van der Waals surface area (Å²) in [6, 6.07) is 6.33. The van der Waals surface area contributed by atoms with Gasteiger partial charge in [0.1, 0.15) is 0 Å². The summed E-state index contributed by atoms with van der Waals surface area (Å²) in [5, 5.41) is 9.07. The van der Waals surface area contributed by atoms with Crippen LogP contribution in [0.25, 0.3) is 10.9 Å². The van der Waals surface area contributed by atoms with Gasteiger partial charge in [-0.2, -0.15) is 5.10 Å². The van der Waals surface area contributed by atoms with Gasteiger partial charge in [0.05, 0.1) is 11.7 Å². The highest BCUT2D eigenvalue weighted by molar-refractivity contribution is 9.10. The van der Waals surface area contributed by atoms with E-state index >= 15 is 0 Å². The average Bonchev–Trinajstić information content (AvgIpc) is 2.89. The van der Waals surface area contributed by atoms with Gasteiger partial charge in [-0.3, -0.25) is 4.68 Å². The topological polar surface area (TPSA) is 29.9 Å². The molecule has 16 heavy (non-hydrogen) atoms. The van der Waals surface area contributed by atoms with Crippen molar-refractivity contribution < 1.29 is 0 Å². The second-order valence-corrected chi connectivity index (χ2v) is 5.30. The van der Waals surface area contributed by atoms with E-state index in [4.69, 9.17) is 0 Å². The van der Waals surface area contributed by atoms with Crippen molar-refractivity contribution in [2.45, 2.75) is 13.0 Å². The highest BCUT2D eigenvalue weighted by atomic mass is 79.9. The van der Waals surface area contributed by atoms with Crippen LogP contribution in [0.2, 0.25) is 0 Å². The number of fused-ring (bicyclic) bond motifs is 1. The molecule has 0 saturated carbocycles. The molecule has 84 valence electrons. The van der Waals surface area contributed by atoms with Gasteiger partial charge in [-0.1, -0.05) is 15.9 Å². The summed E-state index contributed by atoms with van der Waals surface area (Å²) in [7, 11) is 0. The zero-order valence-electron chi connectivity index (χ0n) is 8.99. The van der Waals surface area contributed by atoms with Crippen LogP contribution in [0.3, 0.4) is 0 Å². The first kappa shape index (κ1) is 10.3. The van der Waals surface area contributed by atoms with E-state index in [1.54, 1.807) is 0 Å². The van der Waals surface area contributed by atoms with Crippen molar-refractivity contribution in [2.75, 3.05) is 13.1 Å². The monoisotopic (exact) mass is 279 g/mol. The van der Waals surface area contributed by atoms with Crippen molar-refractivity contribution in [3.05, 3.63) is 28.9 Å². The van der Waals surface area contributed by atoms with Gasteiger partial charge in [-0.25, -0.2) is 0 Å². The molecule has 1 saturated heterocycles. The Morgan fingerprint density at radius 2 is 2.44 bits per heavy atom. The third-order valence-corrected chi connectivity index (χ3v) is 3.69. The van der Waals surface area contributed by atoms with Gasteiger partial charge in [0, 0.05) is 16.4 Å². The minimum atomic E-state index is 0.728. The summed E-state index contributed by atoms with van der Waals surface area (Å²) < 4.78 is 3.24. The Morgan fingerprint density at radius 1 is 1.50 bits per heavy atom. The summed E-state index contributed by atoms with van der Waals surface area (Å²) >= 11 is 3.48. The fourth-order valence-electron chi connectivity index (χ4n) is 2.32. The van der Waals surface area contributed by atoms with E-state index < -0.39 is 0 Å². The maximum absolute atomic E-state index is 4.47. The smallest absolute Gasteiger partial charge is 0.0683 e. The van der Waals surface area contributed by atoms with Crippen LogP contribution < -0.4 is 5.32 Å². The van der Waals surface area contributed by atoms with Gasteiger partial charge in [-0.05, 0) is 43.6 Å². The predicted molar refractivity (Wildman–Crippen MR) is 68.4 cm³/mol. The Bertz CT molecular complexity index is 500. The molecule has 2 aromatic rings. The van der Waals surface area contributed by atoms with Gasteiger partial charge in [0.25, 0.3) is 0 Å². The Kier molecular flexibility index (Phi) is 2.69. The summed E-state index contributed by atoms with van der Waals surface area (Å²) in [5.41, 5.74) is 1.23. The number of hydrogen-bond acceptors (Lipinski definition) is 2. The minimum Gasteiger partial charge on any atom is -0.316 e. The van der Waals surface area contributed by atoms with Crippen LogP contribution in [0.1, 0.15) is 6.42 Å². The second-order valence-electron chi connectivity index (χ2n) is 4.39. The molecule has 1 aromatic carbocycles. The molecule has 0 aliphatic carbocycles. The highest BCUT2D eigenvalue weighted by Gasteiger charge is 2.16. The third-order valence-electron chi connectivity index (χ3n) is 3.20. The number of benzene rings is 1. The largest absolute Gasteiger partial charge is 0.316 e. The van der Waals surface area contributed by atoms with Crippen LogP contribution in [-0.2, 0) is 6.54 Å². The number of hydrogen-bond donors (Lipinski definition) is 1. The maximum Gasteiger partial charge on any atom is 0.0683 e. The molecule has 3 nitrogen and oxygen atoms in total. The molecule has 2 heterocycles. The Morgan fingerprint density at radius 3 is 3.25 bits per heavy atom. The van der Waals surface area contributed by atoms with E-state index in [-0.39, 0.29) is 0 Å². The molecule has 0 radical (unpaired) electrons. The summed E-state index contributed by atoms with van der Waals surface area (Å²) in [6.07, 6.45) is 3.21. The maximum atomic E-state index is 4.47. The van der Waals surface area contributed by atoms with Crippen molar-refractivity contribution in [2.24, 2.45) is 5.92 Å². The van der Waals surface area contributed by atoms with E-state index in [1.807, 2.05) is 6.20 Å². The molecule has 1 unspecified atom stereocenters. The lowest BCUT2D eigenvalue weighted by atomic mass is 10.1. The summed E-state index contributed by atoms with van der Waals surface area (Å²) in [6.45, 7) is 3.30. The molecule has 1 N–H and O–H groups in total. The van der Waals surface area contributed by atoms with E-state index in [0.717, 1.165) is 30.0 Å². The highest BCUT2D eigenvalue weighted by Crippen LogP contribution is 2.21. The lowest BCUT2D eigenvalue weighted by molar-refractivity contribution is 0.459. The fraction of sp³-hybridized carbons (Fsp3) is 0.417. The lowest BCUT2D eigenvalue weighted by Crippen LogP contribution is -2.15. The molecule has 1 atom stereocenters. The first-order valence-electron chi connectivity index (χ1n) is 5.65. The zero-order valence-corrected chi connectivity index (χ0v) is 10.6. The minimum absolute atomic E-state index is 0.728. The van der Waals surface area contributed by atoms with Crippen LogP contribution in [0.4, 0.5) is 0 Å². The van der Waals surface area contributed by atoms with Crippen LogP contribution in [0.15, 0.2) is 28.9 Å². The quantitative estimate of drug-likeness (QED) is 0.915. The standard InChI is InChI=1S/C12H14BrN3/c13-11-1-2-12-10(5-11)7-15-16(12)8-9-3-4-14-6-9/h1-2,5,7,9,14H,3-4,6,8H2. The van der Waals surface area contributed by atoms with E-state index in [2.05, 4.69) is 49.2 Å². The molecule has 3 rings (SSSR count). The number of rotatable bonds is 2. The molecule has 0 spiro atoms. The predicted octanol–water partition coefficient (Wildman–Crippen LogP) is 2.41. The van der Waals surface area contributed by atoms with Crippen molar-refractivity contribution in [3.63, 3.8) is 0 Å². The third kappa shape index (κ3) is 1.87. The number of nitrogens with one attached hydrogen (secondary N) is 1. The zero-order chi connectivity index (χ0) is 11.0. The number of halogens is 1. The van der Waals surface area contributed by atoms with Gasteiger partial charge in [-0.15, -0.1) is 0 Å². The van der Waals surface area contributed by atoms with Crippen LogP contribution in [-0.4, -0.2) is 22.9 Å². The van der Waals surface area contributed by atoms with Gasteiger partial charge < -0.3 is 5.32 Å².